The van der Waals surface area contributed by atoms with Crippen molar-refractivity contribution in [2.24, 2.45) is 0 Å². The van der Waals surface area contributed by atoms with Crippen molar-refractivity contribution in [1.82, 2.24) is 15.5 Å². The smallest absolute Gasteiger partial charge is 0.254 e. The van der Waals surface area contributed by atoms with Crippen LogP contribution in [0.15, 0.2) is 22.7 Å². The lowest BCUT2D eigenvalue weighted by Crippen LogP contribution is -2.24. The zero-order chi connectivity index (χ0) is 15.2. The van der Waals surface area contributed by atoms with Crippen molar-refractivity contribution in [2.45, 2.75) is 13.5 Å². The number of carbonyl (C=O) groups is 1. The number of benzene rings is 1. The molecular formula is C14H12FN3O3. The summed E-state index contributed by atoms with van der Waals surface area (Å²) < 4.78 is 18.6. The lowest BCUT2D eigenvalue weighted by Gasteiger charge is -2.04. The van der Waals surface area contributed by atoms with Gasteiger partial charge in [-0.25, -0.2) is 4.39 Å². The average Bonchev–Trinajstić information content (AvgIpc) is 2.88. The van der Waals surface area contributed by atoms with Gasteiger partial charge >= 0.3 is 0 Å². The second-order valence-electron chi connectivity index (χ2n) is 4.07. The van der Waals surface area contributed by atoms with Gasteiger partial charge in [-0.05, 0) is 18.2 Å². The molecule has 1 aromatic heterocycles. The van der Waals surface area contributed by atoms with Crippen LogP contribution in [0.2, 0.25) is 0 Å². The Bertz CT molecular complexity index is 716. The number of aliphatic hydroxyl groups excluding tert-OH is 1. The molecule has 108 valence electrons. The molecule has 0 unspecified atom stereocenters. The minimum Gasteiger partial charge on any atom is -0.384 e. The van der Waals surface area contributed by atoms with Crippen LogP contribution in [0.1, 0.15) is 27.6 Å². The lowest BCUT2D eigenvalue weighted by molar-refractivity contribution is 0.0945. The predicted molar refractivity (Wildman–Crippen MR) is 70.6 cm³/mol. The molecule has 0 fully saturated rings. The Kier molecular flexibility index (Phi) is 4.64. The zero-order valence-electron chi connectivity index (χ0n) is 11.2. The highest BCUT2D eigenvalue weighted by atomic mass is 19.1. The maximum absolute atomic E-state index is 13.8. The van der Waals surface area contributed by atoms with Gasteiger partial charge in [-0.3, -0.25) is 4.79 Å². The fraction of sp³-hybridized carbons (Fsp3) is 0.214. The van der Waals surface area contributed by atoms with E-state index in [2.05, 4.69) is 27.3 Å². The molecule has 1 heterocycles. The van der Waals surface area contributed by atoms with Crippen LogP contribution in [0.4, 0.5) is 4.39 Å². The molecule has 6 nitrogen and oxygen atoms in total. The van der Waals surface area contributed by atoms with Gasteiger partial charge in [-0.2, -0.15) is 4.98 Å². The molecule has 21 heavy (non-hydrogen) atoms. The van der Waals surface area contributed by atoms with Gasteiger partial charge in [-0.15, -0.1) is 0 Å². The molecule has 7 heteroatoms. The standard InChI is InChI=1S/C14H12FN3O3/c1-9-17-13(18-21-9)8-16-14(20)11-5-4-10(3-2-6-19)7-12(11)15/h4-5,7,19H,6,8H2,1H3,(H,16,20). The van der Waals surface area contributed by atoms with E-state index in [1.54, 1.807) is 6.92 Å². The van der Waals surface area contributed by atoms with Crippen molar-refractivity contribution < 1.29 is 18.8 Å². The Balaban J connectivity index is 2.05. The average molecular weight is 289 g/mol. The molecule has 1 aromatic carbocycles. The maximum Gasteiger partial charge on any atom is 0.254 e. The monoisotopic (exact) mass is 289 g/mol. The molecule has 0 saturated heterocycles. The molecule has 2 aromatic rings. The molecule has 0 saturated carbocycles. The molecule has 0 aliphatic carbocycles. The van der Waals surface area contributed by atoms with Gasteiger partial charge in [0.25, 0.3) is 5.91 Å². The summed E-state index contributed by atoms with van der Waals surface area (Å²) in [5.74, 6) is 4.38. The Labute approximate surface area is 120 Å². The number of aliphatic hydroxyl groups is 1. The highest BCUT2D eigenvalue weighted by Gasteiger charge is 2.12. The molecule has 0 atom stereocenters. The van der Waals surface area contributed by atoms with Crippen LogP contribution in [0.25, 0.3) is 0 Å². The van der Waals surface area contributed by atoms with E-state index in [0.717, 1.165) is 6.07 Å². The Morgan fingerprint density at radius 2 is 2.33 bits per heavy atom. The second-order valence-corrected chi connectivity index (χ2v) is 4.07. The summed E-state index contributed by atoms with van der Waals surface area (Å²) in [6, 6.07) is 3.96. The van der Waals surface area contributed by atoms with Crippen molar-refractivity contribution in [2.75, 3.05) is 6.61 Å². The number of nitrogens with zero attached hydrogens (tertiary/aromatic N) is 2. The third kappa shape index (κ3) is 3.87. The molecule has 0 bridgehead atoms. The number of amides is 1. The number of carbonyl (C=O) groups excluding carboxylic acids is 1. The molecule has 2 N–H and O–H groups in total. The SMILES string of the molecule is Cc1nc(CNC(=O)c2ccc(C#CCO)cc2F)no1. The predicted octanol–water partition coefficient (Wildman–Crippen LogP) is 0.791. The first-order chi connectivity index (χ1) is 10.1. The van der Waals surface area contributed by atoms with Gasteiger partial charge in [0.15, 0.2) is 5.82 Å². The van der Waals surface area contributed by atoms with E-state index in [9.17, 15) is 9.18 Å². The van der Waals surface area contributed by atoms with Crippen LogP contribution < -0.4 is 5.32 Å². The summed E-state index contributed by atoms with van der Waals surface area (Å²) in [5.41, 5.74) is 0.275. The fourth-order valence-corrected chi connectivity index (χ4v) is 1.59. The van der Waals surface area contributed by atoms with E-state index in [-0.39, 0.29) is 18.7 Å². The first kappa shape index (κ1) is 14.7. The number of aryl methyl sites for hydroxylation is 1. The lowest BCUT2D eigenvalue weighted by atomic mass is 10.1. The molecule has 0 spiro atoms. The van der Waals surface area contributed by atoms with Crippen molar-refractivity contribution in [3.05, 3.63) is 46.9 Å². The van der Waals surface area contributed by atoms with Gasteiger partial charge in [-0.1, -0.05) is 17.0 Å². The Morgan fingerprint density at radius 3 is 2.95 bits per heavy atom. The second kappa shape index (κ2) is 6.63. The van der Waals surface area contributed by atoms with E-state index in [0.29, 0.717) is 17.3 Å². The van der Waals surface area contributed by atoms with Crippen LogP contribution in [0, 0.1) is 24.6 Å². The van der Waals surface area contributed by atoms with Gasteiger partial charge in [0.05, 0.1) is 12.1 Å². The number of rotatable bonds is 3. The molecule has 1 amide bonds. The Morgan fingerprint density at radius 1 is 1.52 bits per heavy atom. The first-order valence-electron chi connectivity index (χ1n) is 6.07. The summed E-state index contributed by atoms with van der Waals surface area (Å²) >= 11 is 0. The number of hydrogen-bond donors (Lipinski definition) is 2. The summed E-state index contributed by atoms with van der Waals surface area (Å²) in [5, 5.41) is 14.7. The van der Waals surface area contributed by atoms with Gasteiger partial charge in [0.1, 0.15) is 12.4 Å². The highest BCUT2D eigenvalue weighted by molar-refractivity contribution is 5.94. The van der Waals surface area contributed by atoms with Crippen LogP contribution in [-0.2, 0) is 6.54 Å². The van der Waals surface area contributed by atoms with Crippen molar-refractivity contribution in [3.8, 4) is 11.8 Å². The zero-order valence-corrected chi connectivity index (χ0v) is 11.2. The number of nitrogens with one attached hydrogen (secondary N) is 1. The van der Waals surface area contributed by atoms with Crippen molar-refractivity contribution in [1.29, 1.82) is 0 Å². The van der Waals surface area contributed by atoms with Crippen molar-refractivity contribution in [3.63, 3.8) is 0 Å². The maximum atomic E-state index is 13.8. The quantitative estimate of drug-likeness (QED) is 0.816. The van der Waals surface area contributed by atoms with E-state index in [1.807, 2.05) is 0 Å². The molecular weight excluding hydrogens is 277 g/mol. The summed E-state index contributed by atoms with van der Waals surface area (Å²) in [7, 11) is 0. The van der Waals surface area contributed by atoms with Crippen molar-refractivity contribution >= 4 is 5.91 Å². The van der Waals surface area contributed by atoms with E-state index in [4.69, 9.17) is 9.63 Å². The number of aromatic nitrogens is 2. The molecule has 0 aliphatic rings. The third-order valence-corrected chi connectivity index (χ3v) is 2.50. The summed E-state index contributed by atoms with van der Waals surface area (Å²) in [6.45, 7) is 1.36. The van der Waals surface area contributed by atoms with E-state index < -0.39 is 11.7 Å². The minimum absolute atomic E-state index is 0.0433. The largest absolute Gasteiger partial charge is 0.384 e. The topological polar surface area (TPSA) is 88.2 Å². The number of halogens is 1. The van der Waals surface area contributed by atoms with Gasteiger partial charge in [0, 0.05) is 12.5 Å². The summed E-state index contributed by atoms with van der Waals surface area (Å²) in [4.78, 5) is 15.8. The number of hydrogen-bond acceptors (Lipinski definition) is 5. The highest BCUT2D eigenvalue weighted by Crippen LogP contribution is 2.10. The molecule has 0 radical (unpaired) electrons. The fourth-order valence-electron chi connectivity index (χ4n) is 1.59. The van der Waals surface area contributed by atoms with Crippen LogP contribution in [-0.4, -0.2) is 27.8 Å². The van der Waals surface area contributed by atoms with E-state index in [1.165, 1.54) is 12.1 Å². The minimum atomic E-state index is -0.693. The first-order valence-corrected chi connectivity index (χ1v) is 6.07. The molecule has 2 rings (SSSR count). The van der Waals surface area contributed by atoms with Crippen LogP contribution in [0.5, 0.6) is 0 Å². The normalized spacial score (nSPS) is 9.86. The van der Waals surface area contributed by atoms with E-state index >= 15 is 0 Å². The van der Waals surface area contributed by atoms with Crippen LogP contribution in [0.3, 0.4) is 0 Å². The van der Waals surface area contributed by atoms with Gasteiger partial charge in [0.2, 0.25) is 5.89 Å². The van der Waals surface area contributed by atoms with Gasteiger partial charge < -0.3 is 14.9 Å². The Hall–Kier alpha value is -2.72. The molecule has 0 aliphatic heterocycles. The third-order valence-electron chi connectivity index (χ3n) is 2.50. The van der Waals surface area contributed by atoms with Crippen LogP contribution >= 0.6 is 0 Å². The summed E-state index contributed by atoms with van der Waals surface area (Å²) in [6.07, 6.45) is 0.